The number of hydrogen-bond donors (Lipinski definition) is 0. The van der Waals surface area contributed by atoms with Crippen LogP contribution in [-0.4, -0.2) is 30.1 Å². The Balaban J connectivity index is 1.25. The summed E-state index contributed by atoms with van der Waals surface area (Å²) in [6, 6.07) is 17.3. The molecule has 0 bridgehead atoms. The lowest BCUT2D eigenvalue weighted by atomic mass is 10.2. The van der Waals surface area contributed by atoms with E-state index in [4.69, 9.17) is 9.15 Å². The molecule has 0 unspecified atom stereocenters. The first-order valence-corrected chi connectivity index (χ1v) is 8.88. The molecule has 4 aromatic rings. The highest BCUT2D eigenvalue weighted by Gasteiger charge is 2.33. The molecule has 0 aliphatic carbocycles. The van der Waals surface area contributed by atoms with Gasteiger partial charge in [-0.15, -0.1) is 0 Å². The van der Waals surface area contributed by atoms with Crippen LogP contribution in [0.2, 0.25) is 0 Å². The number of nitrogens with zero attached hydrogens (tertiary/aromatic N) is 2. The Morgan fingerprint density at radius 3 is 2.80 bits per heavy atom. The van der Waals surface area contributed by atoms with Crippen molar-refractivity contribution >= 4 is 43.6 Å². The molecule has 2 aromatic heterocycles. The van der Waals surface area contributed by atoms with E-state index in [1.165, 1.54) is 4.70 Å². The first-order valence-electron chi connectivity index (χ1n) is 8.06. The second-order valence-electron chi connectivity index (χ2n) is 6.04. The molecule has 1 aliphatic heterocycles. The van der Waals surface area contributed by atoms with Crippen LogP contribution < -0.4 is 4.90 Å². The highest BCUT2D eigenvalue weighted by molar-refractivity contribution is 7.22. The summed E-state index contributed by atoms with van der Waals surface area (Å²) in [7, 11) is 0. The maximum atomic E-state index is 12.3. The monoisotopic (exact) mass is 350 g/mol. The summed E-state index contributed by atoms with van der Waals surface area (Å²) in [6.07, 6.45) is -0.132. The summed E-state index contributed by atoms with van der Waals surface area (Å²) in [6.45, 7) is 1.32. The minimum absolute atomic E-state index is 0.132. The van der Waals surface area contributed by atoms with E-state index in [0.29, 0.717) is 18.7 Å². The molecule has 5 nitrogen and oxygen atoms in total. The summed E-state index contributed by atoms with van der Waals surface area (Å²) in [5, 5.41) is 1.87. The number of furan rings is 1. The summed E-state index contributed by atoms with van der Waals surface area (Å²) in [5.74, 6) is -0.162. The number of aromatic nitrogens is 1. The zero-order valence-electron chi connectivity index (χ0n) is 13.2. The molecular formula is C19H14N2O3S. The van der Waals surface area contributed by atoms with Crippen LogP contribution >= 0.6 is 11.3 Å². The molecule has 0 amide bonds. The Morgan fingerprint density at radius 1 is 1.16 bits per heavy atom. The van der Waals surface area contributed by atoms with Crippen molar-refractivity contribution in [3.63, 3.8) is 0 Å². The molecule has 5 rings (SSSR count). The number of para-hydroxylation sites is 2. The molecule has 1 fully saturated rings. The van der Waals surface area contributed by atoms with Crippen LogP contribution in [0.4, 0.5) is 5.13 Å². The number of fused-ring (bicyclic) bond motifs is 2. The Hall–Kier alpha value is -2.86. The Labute approximate surface area is 147 Å². The third-order valence-corrected chi connectivity index (χ3v) is 5.40. The average Bonchev–Trinajstić information content (AvgIpc) is 3.20. The molecule has 6 heteroatoms. The molecule has 3 heterocycles. The van der Waals surface area contributed by atoms with Gasteiger partial charge in [-0.1, -0.05) is 41.7 Å². The number of carbonyl (C=O) groups is 1. The lowest BCUT2D eigenvalue weighted by Gasteiger charge is -2.37. The highest BCUT2D eigenvalue weighted by Crippen LogP contribution is 2.32. The van der Waals surface area contributed by atoms with Crippen molar-refractivity contribution in [3.05, 3.63) is 60.4 Å². The Bertz CT molecular complexity index is 1010. The van der Waals surface area contributed by atoms with Gasteiger partial charge in [0.05, 0.1) is 23.3 Å². The molecule has 0 N–H and O–H groups in total. The molecule has 25 heavy (non-hydrogen) atoms. The number of rotatable bonds is 3. The largest absolute Gasteiger partial charge is 0.453 e. The fraction of sp³-hybridized carbons (Fsp3) is 0.158. The molecule has 0 spiro atoms. The van der Waals surface area contributed by atoms with Crippen molar-refractivity contribution < 1.29 is 13.9 Å². The van der Waals surface area contributed by atoms with Crippen LogP contribution in [0.5, 0.6) is 0 Å². The summed E-state index contributed by atoms with van der Waals surface area (Å²) in [4.78, 5) is 19.0. The van der Waals surface area contributed by atoms with Gasteiger partial charge >= 0.3 is 5.97 Å². The van der Waals surface area contributed by atoms with E-state index < -0.39 is 5.97 Å². The molecule has 1 aliphatic rings. The summed E-state index contributed by atoms with van der Waals surface area (Å²) < 4.78 is 12.2. The number of anilines is 1. The van der Waals surface area contributed by atoms with E-state index >= 15 is 0 Å². The Morgan fingerprint density at radius 2 is 1.96 bits per heavy atom. The van der Waals surface area contributed by atoms with E-state index in [2.05, 4.69) is 16.0 Å². The number of esters is 1. The maximum Gasteiger partial charge on any atom is 0.374 e. The minimum atomic E-state index is -0.412. The normalized spacial score (nSPS) is 14.8. The second kappa shape index (κ2) is 5.60. The predicted molar refractivity (Wildman–Crippen MR) is 97.3 cm³/mol. The molecular weight excluding hydrogens is 336 g/mol. The summed E-state index contributed by atoms with van der Waals surface area (Å²) >= 11 is 1.66. The number of benzene rings is 2. The molecule has 124 valence electrons. The van der Waals surface area contributed by atoms with Gasteiger partial charge in [0.2, 0.25) is 5.76 Å². The first kappa shape index (κ1) is 14.5. The highest BCUT2D eigenvalue weighted by atomic mass is 32.1. The van der Waals surface area contributed by atoms with Crippen LogP contribution in [0.3, 0.4) is 0 Å². The van der Waals surface area contributed by atoms with Crippen molar-refractivity contribution in [1.82, 2.24) is 4.98 Å². The number of ether oxygens (including phenoxy) is 1. The topological polar surface area (TPSA) is 55.6 Å². The van der Waals surface area contributed by atoms with Gasteiger partial charge in [-0.05, 0) is 24.3 Å². The number of thiazole rings is 1. The number of carbonyl (C=O) groups excluding carboxylic acids is 1. The van der Waals surface area contributed by atoms with Gasteiger partial charge in [0, 0.05) is 5.39 Å². The van der Waals surface area contributed by atoms with E-state index in [1.54, 1.807) is 17.4 Å². The van der Waals surface area contributed by atoms with Crippen molar-refractivity contribution in [2.75, 3.05) is 18.0 Å². The zero-order valence-corrected chi connectivity index (χ0v) is 14.0. The fourth-order valence-corrected chi connectivity index (χ4v) is 3.94. The van der Waals surface area contributed by atoms with Gasteiger partial charge < -0.3 is 14.1 Å². The quantitative estimate of drug-likeness (QED) is 0.521. The van der Waals surface area contributed by atoms with Gasteiger partial charge in [0.1, 0.15) is 11.7 Å². The van der Waals surface area contributed by atoms with Crippen LogP contribution in [-0.2, 0) is 4.74 Å². The van der Waals surface area contributed by atoms with Crippen LogP contribution in [0.1, 0.15) is 10.6 Å². The van der Waals surface area contributed by atoms with E-state index in [-0.39, 0.29) is 11.9 Å². The first-order chi connectivity index (χ1) is 12.3. The van der Waals surface area contributed by atoms with Gasteiger partial charge in [-0.3, -0.25) is 0 Å². The third-order valence-electron chi connectivity index (χ3n) is 4.30. The SMILES string of the molecule is O=C(OC1CN(c2nc3ccccc3s2)C1)c1cc2ccccc2o1. The molecule has 0 radical (unpaired) electrons. The maximum absolute atomic E-state index is 12.3. The van der Waals surface area contributed by atoms with Crippen LogP contribution in [0.15, 0.2) is 59.0 Å². The zero-order chi connectivity index (χ0) is 16.8. The van der Waals surface area contributed by atoms with Crippen LogP contribution in [0.25, 0.3) is 21.2 Å². The molecule has 2 aromatic carbocycles. The minimum Gasteiger partial charge on any atom is -0.453 e. The van der Waals surface area contributed by atoms with Crippen molar-refractivity contribution in [3.8, 4) is 0 Å². The lowest BCUT2D eigenvalue weighted by molar-refractivity contribution is 0.0202. The number of hydrogen-bond acceptors (Lipinski definition) is 6. The predicted octanol–water partition coefficient (Wildman–Crippen LogP) is 4.09. The lowest BCUT2D eigenvalue weighted by Crippen LogP contribution is -2.53. The van der Waals surface area contributed by atoms with Gasteiger partial charge in [0.25, 0.3) is 0 Å². The van der Waals surface area contributed by atoms with Gasteiger partial charge in [-0.25, -0.2) is 9.78 Å². The van der Waals surface area contributed by atoms with Gasteiger partial charge in [0.15, 0.2) is 5.13 Å². The van der Waals surface area contributed by atoms with Crippen molar-refractivity contribution in [2.24, 2.45) is 0 Å². The van der Waals surface area contributed by atoms with E-state index in [1.807, 2.05) is 42.5 Å². The smallest absolute Gasteiger partial charge is 0.374 e. The van der Waals surface area contributed by atoms with E-state index in [0.717, 1.165) is 16.0 Å². The fourth-order valence-electron chi connectivity index (χ4n) is 2.96. The average molecular weight is 350 g/mol. The molecule has 0 atom stereocenters. The summed E-state index contributed by atoms with van der Waals surface area (Å²) in [5.41, 5.74) is 1.70. The van der Waals surface area contributed by atoms with Crippen molar-refractivity contribution in [2.45, 2.75) is 6.10 Å². The Kier molecular flexibility index (Phi) is 3.24. The van der Waals surface area contributed by atoms with Gasteiger partial charge in [-0.2, -0.15) is 0 Å². The standard InChI is InChI=1S/C19H14N2O3S/c22-18(16-9-12-5-1-3-7-15(12)24-16)23-13-10-21(11-13)19-20-14-6-2-4-8-17(14)25-19/h1-9,13H,10-11H2. The molecule has 1 saturated heterocycles. The molecule has 0 saturated carbocycles. The third kappa shape index (κ3) is 2.55. The second-order valence-corrected chi connectivity index (χ2v) is 7.05. The van der Waals surface area contributed by atoms with Crippen molar-refractivity contribution in [1.29, 1.82) is 0 Å². The van der Waals surface area contributed by atoms with E-state index in [9.17, 15) is 4.79 Å². The van der Waals surface area contributed by atoms with Crippen LogP contribution in [0, 0.1) is 0 Å².